The van der Waals surface area contributed by atoms with E-state index >= 15 is 0 Å². The summed E-state index contributed by atoms with van der Waals surface area (Å²) in [7, 11) is 0. The predicted octanol–water partition coefficient (Wildman–Crippen LogP) is 2.12. The van der Waals surface area contributed by atoms with Gasteiger partial charge >= 0.3 is 0 Å². The maximum atomic E-state index is 14.2. The Hall–Kier alpha value is -2.52. The first kappa shape index (κ1) is 14.4. The molecule has 0 saturated carbocycles. The maximum absolute atomic E-state index is 14.2. The van der Waals surface area contributed by atoms with E-state index in [-0.39, 0.29) is 17.2 Å². The second-order valence-electron chi connectivity index (χ2n) is 5.37. The van der Waals surface area contributed by atoms with Gasteiger partial charge in [-0.05, 0) is 31.5 Å². The highest BCUT2D eigenvalue weighted by Gasteiger charge is 2.28. The van der Waals surface area contributed by atoms with Crippen LogP contribution in [-0.2, 0) is 6.54 Å². The number of rotatable bonds is 3. The van der Waals surface area contributed by atoms with Crippen molar-refractivity contribution in [1.29, 1.82) is 5.26 Å². The van der Waals surface area contributed by atoms with Crippen molar-refractivity contribution >= 4 is 0 Å². The summed E-state index contributed by atoms with van der Waals surface area (Å²) in [6.45, 7) is 1.26. The number of halogens is 1. The number of aromatic amines is 1. The van der Waals surface area contributed by atoms with Gasteiger partial charge in [0.2, 0.25) is 0 Å². The van der Waals surface area contributed by atoms with Gasteiger partial charge in [-0.3, -0.25) is 9.69 Å². The molecule has 1 unspecified atom stereocenters. The minimum absolute atomic E-state index is 0.0574. The molecule has 1 aromatic heterocycles. The Kier molecular flexibility index (Phi) is 3.98. The highest BCUT2D eigenvalue weighted by molar-refractivity contribution is 5.35. The smallest absolute Gasteiger partial charge is 0.264 e. The highest BCUT2D eigenvalue weighted by Crippen LogP contribution is 2.32. The van der Waals surface area contributed by atoms with E-state index in [0.29, 0.717) is 12.1 Å². The molecular formula is C16H15FN4O. The number of nitrogens with zero attached hydrogens (tertiary/aromatic N) is 3. The van der Waals surface area contributed by atoms with Gasteiger partial charge in [-0.1, -0.05) is 12.1 Å². The lowest BCUT2D eigenvalue weighted by Gasteiger charge is -2.24. The van der Waals surface area contributed by atoms with Crippen molar-refractivity contribution in [3.05, 3.63) is 63.3 Å². The molecule has 3 rings (SSSR count). The molecule has 5 nitrogen and oxygen atoms in total. The SMILES string of the molecule is N#Cc1cccc(CN2CCCC2c2ccc(=O)[nH]n2)c1F. The van der Waals surface area contributed by atoms with Crippen molar-refractivity contribution in [3.8, 4) is 6.07 Å². The number of hydrogen-bond donors (Lipinski definition) is 1. The predicted molar refractivity (Wildman–Crippen MR) is 78.4 cm³/mol. The van der Waals surface area contributed by atoms with Crippen LogP contribution in [0.15, 0.2) is 35.1 Å². The highest BCUT2D eigenvalue weighted by atomic mass is 19.1. The first-order valence-electron chi connectivity index (χ1n) is 7.16. The number of aromatic nitrogens is 2. The van der Waals surface area contributed by atoms with Crippen molar-refractivity contribution in [1.82, 2.24) is 15.1 Å². The largest absolute Gasteiger partial charge is 0.290 e. The van der Waals surface area contributed by atoms with Gasteiger partial charge in [-0.15, -0.1) is 0 Å². The molecule has 1 atom stereocenters. The summed E-state index contributed by atoms with van der Waals surface area (Å²) in [4.78, 5) is 13.2. The molecule has 22 heavy (non-hydrogen) atoms. The first-order valence-corrected chi connectivity index (χ1v) is 7.16. The molecule has 1 saturated heterocycles. The Bertz CT molecular complexity index is 760. The molecule has 1 aliphatic heterocycles. The van der Waals surface area contributed by atoms with Gasteiger partial charge in [-0.25, -0.2) is 9.49 Å². The third-order valence-electron chi connectivity index (χ3n) is 3.98. The molecule has 0 bridgehead atoms. The number of hydrogen-bond acceptors (Lipinski definition) is 4. The summed E-state index contributed by atoms with van der Waals surface area (Å²) in [6, 6.07) is 9.96. The van der Waals surface area contributed by atoms with Crippen LogP contribution in [0.25, 0.3) is 0 Å². The van der Waals surface area contributed by atoms with E-state index in [0.717, 1.165) is 25.1 Å². The van der Waals surface area contributed by atoms with Crippen LogP contribution in [0.2, 0.25) is 0 Å². The summed E-state index contributed by atoms with van der Waals surface area (Å²) in [5.74, 6) is -0.454. The number of likely N-dealkylation sites (tertiary alicyclic amines) is 1. The summed E-state index contributed by atoms with van der Waals surface area (Å²) in [5.41, 5.74) is 1.13. The third kappa shape index (κ3) is 2.76. The maximum Gasteiger partial charge on any atom is 0.264 e. The quantitative estimate of drug-likeness (QED) is 0.942. The molecule has 1 aromatic carbocycles. The lowest BCUT2D eigenvalue weighted by atomic mass is 10.1. The van der Waals surface area contributed by atoms with E-state index in [1.807, 2.05) is 6.07 Å². The summed E-state index contributed by atoms with van der Waals surface area (Å²) in [6.07, 6.45) is 1.91. The van der Waals surface area contributed by atoms with E-state index < -0.39 is 5.82 Å². The Morgan fingerprint density at radius 3 is 3.00 bits per heavy atom. The van der Waals surface area contributed by atoms with E-state index in [1.165, 1.54) is 12.1 Å². The lowest BCUT2D eigenvalue weighted by molar-refractivity contribution is 0.240. The van der Waals surface area contributed by atoms with E-state index in [2.05, 4.69) is 15.1 Å². The number of benzene rings is 1. The molecule has 0 radical (unpaired) electrons. The zero-order valence-electron chi connectivity index (χ0n) is 11.9. The van der Waals surface area contributed by atoms with Crippen LogP contribution >= 0.6 is 0 Å². The zero-order chi connectivity index (χ0) is 15.5. The third-order valence-corrected chi connectivity index (χ3v) is 3.98. The van der Waals surface area contributed by atoms with Crippen molar-refractivity contribution in [2.24, 2.45) is 0 Å². The molecule has 2 aromatic rings. The van der Waals surface area contributed by atoms with Crippen LogP contribution < -0.4 is 5.56 Å². The lowest BCUT2D eigenvalue weighted by Crippen LogP contribution is -2.25. The number of nitriles is 1. The van der Waals surface area contributed by atoms with Crippen LogP contribution in [0.4, 0.5) is 4.39 Å². The average Bonchev–Trinajstić information content (AvgIpc) is 2.98. The molecule has 6 heteroatoms. The fourth-order valence-corrected chi connectivity index (χ4v) is 2.90. The summed E-state index contributed by atoms with van der Waals surface area (Å²) < 4.78 is 14.2. The van der Waals surface area contributed by atoms with Crippen molar-refractivity contribution in [3.63, 3.8) is 0 Å². The monoisotopic (exact) mass is 298 g/mol. The zero-order valence-corrected chi connectivity index (χ0v) is 11.9. The molecule has 1 fully saturated rings. The van der Waals surface area contributed by atoms with Gasteiger partial charge in [0.05, 0.1) is 17.3 Å². The van der Waals surface area contributed by atoms with Gasteiger partial charge < -0.3 is 0 Å². The summed E-state index contributed by atoms with van der Waals surface area (Å²) in [5, 5.41) is 15.4. The van der Waals surface area contributed by atoms with Gasteiger partial charge in [-0.2, -0.15) is 10.4 Å². The van der Waals surface area contributed by atoms with Crippen molar-refractivity contribution in [2.45, 2.75) is 25.4 Å². The Morgan fingerprint density at radius 2 is 2.27 bits per heavy atom. The number of H-pyrrole nitrogens is 1. The van der Waals surface area contributed by atoms with Crippen LogP contribution in [0.5, 0.6) is 0 Å². The second-order valence-corrected chi connectivity index (χ2v) is 5.37. The van der Waals surface area contributed by atoms with Crippen molar-refractivity contribution in [2.75, 3.05) is 6.54 Å². The summed E-state index contributed by atoms with van der Waals surface area (Å²) >= 11 is 0. The molecule has 0 amide bonds. The van der Waals surface area contributed by atoms with Crippen molar-refractivity contribution < 1.29 is 4.39 Å². The van der Waals surface area contributed by atoms with Crippen LogP contribution in [0, 0.1) is 17.1 Å². The van der Waals surface area contributed by atoms with Gasteiger partial charge in [0.25, 0.3) is 5.56 Å². The number of nitrogens with one attached hydrogen (secondary N) is 1. The average molecular weight is 298 g/mol. The van der Waals surface area contributed by atoms with Crippen LogP contribution in [0.3, 0.4) is 0 Å². The fraction of sp³-hybridized carbons (Fsp3) is 0.312. The van der Waals surface area contributed by atoms with E-state index in [4.69, 9.17) is 5.26 Å². The minimum atomic E-state index is -0.454. The normalized spacial score (nSPS) is 18.3. The standard InChI is InChI=1S/C16H15FN4O/c17-16-11(9-18)3-1-4-12(16)10-21-8-2-5-14(21)13-6-7-15(22)20-19-13/h1,3-4,6-7,14H,2,5,8,10H2,(H,20,22). The topological polar surface area (TPSA) is 72.8 Å². The molecule has 1 aliphatic rings. The van der Waals surface area contributed by atoms with Gasteiger partial charge in [0.15, 0.2) is 0 Å². The molecule has 1 N–H and O–H groups in total. The van der Waals surface area contributed by atoms with Crippen LogP contribution in [-0.4, -0.2) is 21.6 Å². The Morgan fingerprint density at radius 1 is 1.41 bits per heavy atom. The second kappa shape index (κ2) is 6.08. The molecule has 0 spiro atoms. The molecule has 112 valence electrons. The Labute approximate surface area is 127 Å². The Balaban J connectivity index is 1.84. The van der Waals surface area contributed by atoms with Gasteiger partial charge in [0, 0.05) is 18.2 Å². The molecule has 2 heterocycles. The fourth-order valence-electron chi connectivity index (χ4n) is 2.90. The molecule has 0 aliphatic carbocycles. The molecular weight excluding hydrogens is 283 g/mol. The van der Waals surface area contributed by atoms with E-state index in [1.54, 1.807) is 18.2 Å². The van der Waals surface area contributed by atoms with Crippen LogP contribution in [0.1, 0.15) is 35.7 Å². The van der Waals surface area contributed by atoms with Gasteiger partial charge in [0.1, 0.15) is 11.9 Å². The first-order chi connectivity index (χ1) is 10.7. The van der Waals surface area contributed by atoms with E-state index in [9.17, 15) is 9.18 Å². The minimum Gasteiger partial charge on any atom is -0.290 e.